The Labute approximate surface area is 201 Å². The molecule has 1 fully saturated rings. The van der Waals surface area contributed by atoms with Gasteiger partial charge in [-0.2, -0.15) is 18.4 Å². The van der Waals surface area contributed by atoms with Crippen LogP contribution in [0.4, 0.5) is 17.6 Å². The van der Waals surface area contributed by atoms with Crippen molar-refractivity contribution >= 4 is 17.7 Å². The number of piperazine rings is 1. The fourth-order valence-electron chi connectivity index (χ4n) is 3.69. The minimum absolute atomic E-state index is 0.0378. The lowest BCUT2D eigenvalue weighted by Gasteiger charge is -2.35. The van der Waals surface area contributed by atoms with Gasteiger partial charge < -0.3 is 15.1 Å². The molecule has 188 valence electrons. The molecule has 10 nitrogen and oxygen atoms in total. The number of amides is 3. The Bertz CT molecular complexity index is 1260. The first-order valence-corrected chi connectivity index (χ1v) is 10.7. The van der Waals surface area contributed by atoms with E-state index in [1.165, 1.54) is 17.0 Å². The fraction of sp³-hybridized carbons (Fsp3) is 0.273. The van der Waals surface area contributed by atoms with Gasteiger partial charge in [-0.25, -0.2) is 4.39 Å². The molecule has 1 aromatic heterocycles. The monoisotopic (exact) mass is 505 g/mol. The van der Waals surface area contributed by atoms with Crippen LogP contribution in [-0.2, 0) is 11.0 Å². The van der Waals surface area contributed by atoms with E-state index in [-0.39, 0.29) is 32.7 Å². The normalized spacial score (nSPS) is 14.0. The van der Waals surface area contributed by atoms with Gasteiger partial charge in [0.2, 0.25) is 11.7 Å². The van der Waals surface area contributed by atoms with Crippen LogP contribution < -0.4 is 5.32 Å². The molecule has 1 aliphatic rings. The zero-order chi connectivity index (χ0) is 25.9. The number of alkyl halides is 3. The van der Waals surface area contributed by atoms with Crippen molar-refractivity contribution < 1.29 is 31.9 Å². The summed E-state index contributed by atoms with van der Waals surface area (Å²) in [5, 5.41) is 16.0. The first-order valence-electron chi connectivity index (χ1n) is 10.7. The molecule has 1 aliphatic heterocycles. The number of hydrogen-bond acceptors (Lipinski definition) is 6. The molecule has 2 aromatic carbocycles. The maximum absolute atomic E-state index is 13.6. The maximum Gasteiger partial charge on any atom is 0.417 e. The Kier molecular flexibility index (Phi) is 6.94. The van der Waals surface area contributed by atoms with E-state index in [9.17, 15) is 31.9 Å². The summed E-state index contributed by atoms with van der Waals surface area (Å²) in [4.78, 5) is 40.0. The Morgan fingerprint density at radius 1 is 0.972 bits per heavy atom. The second kappa shape index (κ2) is 10.1. The van der Waals surface area contributed by atoms with Gasteiger partial charge in [0.1, 0.15) is 5.82 Å². The van der Waals surface area contributed by atoms with Crippen molar-refractivity contribution in [3.8, 4) is 11.4 Å². The summed E-state index contributed by atoms with van der Waals surface area (Å²) in [6, 6.07) is 8.07. The predicted molar refractivity (Wildman–Crippen MR) is 116 cm³/mol. The van der Waals surface area contributed by atoms with Gasteiger partial charge in [-0.1, -0.05) is 12.1 Å². The molecule has 0 unspecified atom stereocenters. The number of carbonyl (C=O) groups excluding carboxylic acids is 3. The molecule has 3 amide bonds. The average Bonchev–Trinajstić information content (AvgIpc) is 3.41. The number of H-pyrrole nitrogens is 1. The number of halogens is 4. The fourth-order valence-corrected chi connectivity index (χ4v) is 3.69. The highest BCUT2D eigenvalue weighted by molar-refractivity contribution is 5.97. The van der Waals surface area contributed by atoms with E-state index in [1.807, 2.05) is 0 Å². The number of tetrazole rings is 1. The highest BCUT2D eigenvalue weighted by Crippen LogP contribution is 2.33. The van der Waals surface area contributed by atoms with Crippen molar-refractivity contribution in [3.05, 3.63) is 65.0 Å². The highest BCUT2D eigenvalue weighted by atomic mass is 19.4. The van der Waals surface area contributed by atoms with E-state index >= 15 is 0 Å². The van der Waals surface area contributed by atoms with Gasteiger partial charge in [0, 0.05) is 37.3 Å². The van der Waals surface area contributed by atoms with Crippen molar-refractivity contribution in [3.63, 3.8) is 0 Å². The number of aromatic amines is 1. The quantitative estimate of drug-likeness (QED) is 0.509. The molecule has 3 aromatic rings. The molecule has 0 atom stereocenters. The largest absolute Gasteiger partial charge is 0.417 e. The first kappa shape index (κ1) is 24.8. The van der Waals surface area contributed by atoms with Crippen LogP contribution in [0.25, 0.3) is 11.4 Å². The van der Waals surface area contributed by atoms with Crippen LogP contribution in [0.1, 0.15) is 26.3 Å². The predicted octanol–water partition coefficient (Wildman–Crippen LogP) is 1.74. The van der Waals surface area contributed by atoms with Gasteiger partial charge in [0.15, 0.2) is 0 Å². The number of benzene rings is 2. The Hall–Kier alpha value is -4.36. The third-order valence-electron chi connectivity index (χ3n) is 5.59. The van der Waals surface area contributed by atoms with Gasteiger partial charge in [-0.3, -0.25) is 14.4 Å². The topological polar surface area (TPSA) is 124 Å². The molecule has 0 aliphatic carbocycles. The summed E-state index contributed by atoms with van der Waals surface area (Å²) in [5.74, 6) is -2.46. The molecule has 0 spiro atoms. The second-order valence-corrected chi connectivity index (χ2v) is 7.86. The summed E-state index contributed by atoms with van der Waals surface area (Å²) < 4.78 is 53.3. The third-order valence-corrected chi connectivity index (χ3v) is 5.59. The second-order valence-electron chi connectivity index (χ2n) is 7.86. The number of rotatable bonds is 5. The Balaban J connectivity index is 1.30. The van der Waals surface area contributed by atoms with Crippen LogP contribution >= 0.6 is 0 Å². The summed E-state index contributed by atoms with van der Waals surface area (Å²) in [7, 11) is 0. The lowest BCUT2D eigenvalue weighted by Crippen LogP contribution is -2.52. The van der Waals surface area contributed by atoms with Crippen molar-refractivity contribution in [2.24, 2.45) is 0 Å². The van der Waals surface area contributed by atoms with E-state index in [0.29, 0.717) is 35.2 Å². The Morgan fingerprint density at radius 3 is 2.25 bits per heavy atom. The molecule has 0 bridgehead atoms. The van der Waals surface area contributed by atoms with E-state index in [1.54, 1.807) is 12.1 Å². The molecule has 2 N–H and O–H groups in total. The molecule has 1 saturated heterocycles. The minimum Gasteiger partial charge on any atom is -0.343 e. The minimum atomic E-state index is -4.82. The smallest absolute Gasteiger partial charge is 0.343 e. The summed E-state index contributed by atoms with van der Waals surface area (Å²) in [6.45, 7) is -0.276. The maximum atomic E-state index is 13.6. The van der Waals surface area contributed by atoms with Crippen molar-refractivity contribution in [1.29, 1.82) is 0 Å². The van der Waals surface area contributed by atoms with Crippen LogP contribution in [0.3, 0.4) is 0 Å². The molecule has 36 heavy (non-hydrogen) atoms. The van der Waals surface area contributed by atoms with E-state index in [0.717, 1.165) is 4.90 Å². The molecule has 4 rings (SSSR count). The average molecular weight is 505 g/mol. The van der Waals surface area contributed by atoms with Gasteiger partial charge in [0.05, 0.1) is 17.7 Å². The van der Waals surface area contributed by atoms with Crippen molar-refractivity contribution in [2.45, 2.75) is 6.18 Å². The van der Waals surface area contributed by atoms with Crippen LogP contribution in [0.5, 0.6) is 0 Å². The van der Waals surface area contributed by atoms with Crippen LogP contribution in [0.15, 0.2) is 42.5 Å². The third kappa shape index (κ3) is 5.47. The van der Waals surface area contributed by atoms with E-state index in [2.05, 4.69) is 25.9 Å². The van der Waals surface area contributed by atoms with Gasteiger partial charge in [-0.15, -0.1) is 10.2 Å². The molecule has 0 saturated carbocycles. The summed E-state index contributed by atoms with van der Waals surface area (Å²) >= 11 is 0. The Morgan fingerprint density at radius 2 is 1.64 bits per heavy atom. The van der Waals surface area contributed by atoms with Gasteiger partial charge >= 0.3 is 6.18 Å². The summed E-state index contributed by atoms with van der Waals surface area (Å²) in [5.41, 5.74) is -1.05. The van der Waals surface area contributed by atoms with Crippen molar-refractivity contribution in [1.82, 2.24) is 35.7 Å². The SMILES string of the molecule is O=C(NCC(=O)N1CCN(C(=O)c2cc(F)ccc2C(F)(F)F)CC1)c1ccc(-c2nn[nH]n2)cc1. The zero-order valence-electron chi connectivity index (χ0n) is 18.5. The standard InChI is InChI=1S/C22H19F4N7O3/c23-15-5-6-17(22(24,25)26)16(11-15)21(36)33-9-7-32(8-10-33)18(34)12-27-20(35)14-3-1-13(2-4-14)19-28-30-31-29-19/h1-6,11H,7-10,12H2,(H,27,35)(H,28,29,30,31). The first-order chi connectivity index (χ1) is 17.1. The molecule has 14 heteroatoms. The number of nitrogens with zero attached hydrogens (tertiary/aromatic N) is 5. The summed E-state index contributed by atoms with van der Waals surface area (Å²) in [6.07, 6.45) is -4.82. The van der Waals surface area contributed by atoms with Gasteiger partial charge in [0.25, 0.3) is 11.8 Å². The zero-order valence-corrected chi connectivity index (χ0v) is 18.5. The van der Waals surface area contributed by atoms with E-state index in [4.69, 9.17) is 0 Å². The number of hydrogen-bond donors (Lipinski definition) is 2. The van der Waals surface area contributed by atoms with Crippen LogP contribution in [0.2, 0.25) is 0 Å². The van der Waals surface area contributed by atoms with Crippen molar-refractivity contribution in [2.75, 3.05) is 32.7 Å². The number of aromatic nitrogens is 4. The number of nitrogens with one attached hydrogen (secondary N) is 2. The molecular weight excluding hydrogens is 486 g/mol. The van der Waals surface area contributed by atoms with Gasteiger partial charge in [-0.05, 0) is 35.5 Å². The molecule has 0 radical (unpaired) electrons. The number of carbonyl (C=O) groups is 3. The van der Waals surface area contributed by atoms with Crippen LogP contribution in [0, 0.1) is 5.82 Å². The molecular formula is C22H19F4N7O3. The lowest BCUT2D eigenvalue weighted by atomic mass is 10.0. The highest BCUT2D eigenvalue weighted by Gasteiger charge is 2.37. The van der Waals surface area contributed by atoms with E-state index < -0.39 is 40.8 Å². The molecule has 2 heterocycles. The lowest BCUT2D eigenvalue weighted by molar-refractivity contribution is -0.138. The van der Waals surface area contributed by atoms with Crippen LogP contribution in [-0.4, -0.2) is 80.9 Å².